The zero-order valence-corrected chi connectivity index (χ0v) is 14.4. The summed E-state index contributed by atoms with van der Waals surface area (Å²) in [6.07, 6.45) is 5.59. The first-order valence-electron chi connectivity index (χ1n) is 8.68. The summed E-state index contributed by atoms with van der Waals surface area (Å²) >= 11 is 0. The van der Waals surface area contributed by atoms with E-state index in [-0.39, 0.29) is 0 Å². The summed E-state index contributed by atoms with van der Waals surface area (Å²) in [5, 5.41) is 3.37. The van der Waals surface area contributed by atoms with Gasteiger partial charge in [0.05, 0.1) is 13.2 Å². The molecule has 0 aliphatic carbocycles. The fourth-order valence-electron chi connectivity index (χ4n) is 2.75. The fourth-order valence-corrected chi connectivity index (χ4v) is 2.75. The molecule has 0 fully saturated rings. The summed E-state index contributed by atoms with van der Waals surface area (Å²) in [7, 11) is 0. The van der Waals surface area contributed by atoms with E-state index in [4.69, 9.17) is 4.74 Å². The van der Waals surface area contributed by atoms with Crippen molar-refractivity contribution in [2.24, 2.45) is 0 Å². The summed E-state index contributed by atoms with van der Waals surface area (Å²) in [4.78, 5) is 0. The SMILES string of the molecule is CCCNCCOCCc1c(CC)cc(CC)cc1CC. The van der Waals surface area contributed by atoms with E-state index in [1.54, 1.807) is 0 Å². The van der Waals surface area contributed by atoms with Gasteiger partial charge in [-0.3, -0.25) is 0 Å². The maximum absolute atomic E-state index is 5.78. The standard InChI is InChI=1S/C19H33NO/c1-5-10-20-11-13-21-12-9-19-17(7-3)14-16(6-2)15-18(19)8-4/h14-15,20H,5-13H2,1-4H3. The summed E-state index contributed by atoms with van der Waals surface area (Å²) < 4.78 is 5.78. The molecule has 0 bridgehead atoms. The van der Waals surface area contributed by atoms with Crippen molar-refractivity contribution in [2.75, 3.05) is 26.3 Å². The van der Waals surface area contributed by atoms with Crippen molar-refractivity contribution >= 4 is 0 Å². The van der Waals surface area contributed by atoms with Crippen LogP contribution < -0.4 is 5.32 Å². The maximum Gasteiger partial charge on any atom is 0.0591 e. The quantitative estimate of drug-likeness (QED) is 0.624. The van der Waals surface area contributed by atoms with Crippen molar-refractivity contribution in [3.63, 3.8) is 0 Å². The highest BCUT2D eigenvalue weighted by Gasteiger charge is 2.08. The van der Waals surface area contributed by atoms with Crippen molar-refractivity contribution in [3.05, 3.63) is 34.4 Å². The Balaban J connectivity index is 2.53. The highest BCUT2D eigenvalue weighted by molar-refractivity contribution is 5.39. The van der Waals surface area contributed by atoms with Crippen molar-refractivity contribution in [3.8, 4) is 0 Å². The molecule has 21 heavy (non-hydrogen) atoms. The summed E-state index contributed by atoms with van der Waals surface area (Å²) in [5.41, 5.74) is 6.02. The van der Waals surface area contributed by atoms with Crippen LogP contribution in [0.2, 0.25) is 0 Å². The normalized spacial score (nSPS) is 11.0. The number of rotatable bonds is 11. The van der Waals surface area contributed by atoms with Gasteiger partial charge in [-0.1, -0.05) is 39.8 Å². The summed E-state index contributed by atoms with van der Waals surface area (Å²) in [6, 6.07) is 4.77. The third-order valence-electron chi connectivity index (χ3n) is 4.01. The lowest BCUT2D eigenvalue weighted by molar-refractivity contribution is 0.139. The Morgan fingerprint density at radius 3 is 2.05 bits per heavy atom. The largest absolute Gasteiger partial charge is 0.380 e. The van der Waals surface area contributed by atoms with Gasteiger partial charge in [0.25, 0.3) is 0 Å². The van der Waals surface area contributed by atoms with Crippen LogP contribution in [0.15, 0.2) is 12.1 Å². The Labute approximate surface area is 131 Å². The number of hydrogen-bond donors (Lipinski definition) is 1. The van der Waals surface area contributed by atoms with Gasteiger partial charge in [-0.2, -0.15) is 0 Å². The molecule has 0 spiro atoms. The summed E-state index contributed by atoms with van der Waals surface area (Å²) in [5.74, 6) is 0. The van der Waals surface area contributed by atoms with E-state index in [2.05, 4.69) is 45.1 Å². The molecule has 0 heterocycles. The average Bonchev–Trinajstić information content (AvgIpc) is 2.53. The van der Waals surface area contributed by atoms with E-state index in [0.29, 0.717) is 0 Å². The number of benzene rings is 1. The minimum atomic E-state index is 0.815. The van der Waals surface area contributed by atoms with Crippen LogP contribution in [0.5, 0.6) is 0 Å². The second-order valence-corrected chi connectivity index (χ2v) is 5.57. The molecule has 1 N–H and O–H groups in total. The van der Waals surface area contributed by atoms with Crippen molar-refractivity contribution in [1.82, 2.24) is 5.32 Å². The van der Waals surface area contributed by atoms with Crippen LogP contribution in [-0.2, 0) is 30.4 Å². The van der Waals surface area contributed by atoms with E-state index in [9.17, 15) is 0 Å². The molecule has 0 aliphatic rings. The number of hydrogen-bond acceptors (Lipinski definition) is 2. The molecule has 0 atom stereocenters. The van der Waals surface area contributed by atoms with E-state index in [0.717, 1.165) is 52.0 Å². The molecule has 0 aromatic heterocycles. The zero-order chi connectivity index (χ0) is 15.5. The van der Waals surface area contributed by atoms with Gasteiger partial charge in [0.2, 0.25) is 0 Å². The molecular weight excluding hydrogens is 258 g/mol. The molecular formula is C19H33NO. The zero-order valence-electron chi connectivity index (χ0n) is 14.4. The molecule has 120 valence electrons. The van der Waals surface area contributed by atoms with Gasteiger partial charge in [-0.05, 0) is 60.9 Å². The Morgan fingerprint density at radius 2 is 1.52 bits per heavy atom. The van der Waals surface area contributed by atoms with Gasteiger partial charge < -0.3 is 10.1 Å². The Kier molecular flexibility index (Phi) is 9.36. The molecule has 0 amide bonds. The molecule has 1 rings (SSSR count). The van der Waals surface area contributed by atoms with Gasteiger partial charge in [0.15, 0.2) is 0 Å². The molecule has 0 saturated heterocycles. The topological polar surface area (TPSA) is 21.3 Å². The molecule has 1 aromatic carbocycles. The number of ether oxygens (including phenoxy) is 1. The minimum Gasteiger partial charge on any atom is -0.380 e. The Morgan fingerprint density at radius 1 is 0.857 bits per heavy atom. The van der Waals surface area contributed by atoms with Crippen LogP contribution in [0.3, 0.4) is 0 Å². The maximum atomic E-state index is 5.78. The van der Waals surface area contributed by atoms with Crippen LogP contribution in [-0.4, -0.2) is 26.3 Å². The first-order chi connectivity index (χ1) is 10.3. The van der Waals surface area contributed by atoms with Crippen molar-refractivity contribution in [1.29, 1.82) is 0 Å². The second-order valence-electron chi connectivity index (χ2n) is 5.57. The minimum absolute atomic E-state index is 0.815. The van der Waals surface area contributed by atoms with Crippen molar-refractivity contribution < 1.29 is 4.74 Å². The molecule has 0 aliphatic heterocycles. The van der Waals surface area contributed by atoms with Crippen LogP contribution in [0, 0.1) is 0 Å². The Bertz CT molecular complexity index is 376. The van der Waals surface area contributed by atoms with E-state index in [1.807, 2.05) is 0 Å². The lowest BCUT2D eigenvalue weighted by Gasteiger charge is -2.16. The summed E-state index contributed by atoms with van der Waals surface area (Å²) in [6.45, 7) is 12.6. The van der Waals surface area contributed by atoms with Crippen LogP contribution >= 0.6 is 0 Å². The Hall–Kier alpha value is -0.860. The van der Waals surface area contributed by atoms with Crippen LogP contribution in [0.1, 0.15) is 56.4 Å². The first kappa shape index (κ1) is 18.2. The van der Waals surface area contributed by atoms with E-state index < -0.39 is 0 Å². The average molecular weight is 291 g/mol. The first-order valence-corrected chi connectivity index (χ1v) is 8.68. The van der Waals surface area contributed by atoms with Crippen molar-refractivity contribution in [2.45, 2.75) is 59.8 Å². The molecule has 2 nitrogen and oxygen atoms in total. The lowest BCUT2D eigenvalue weighted by atomic mass is 9.92. The fraction of sp³-hybridized carbons (Fsp3) is 0.684. The predicted molar refractivity (Wildman–Crippen MR) is 92.3 cm³/mol. The van der Waals surface area contributed by atoms with Gasteiger partial charge in [-0.25, -0.2) is 0 Å². The smallest absolute Gasteiger partial charge is 0.0591 e. The van der Waals surface area contributed by atoms with Gasteiger partial charge >= 0.3 is 0 Å². The molecule has 0 radical (unpaired) electrons. The molecule has 0 saturated carbocycles. The van der Waals surface area contributed by atoms with E-state index >= 15 is 0 Å². The second kappa shape index (κ2) is 10.8. The monoisotopic (exact) mass is 291 g/mol. The highest BCUT2D eigenvalue weighted by Crippen LogP contribution is 2.20. The third kappa shape index (κ3) is 6.19. The number of aryl methyl sites for hydroxylation is 3. The molecule has 2 heteroatoms. The third-order valence-corrected chi connectivity index (χ3v) is 4.01. The lowest BCUT2D eigenvalue weighted by Crippen LogP contribution is -2.21. The van der Waals surface area contributed by atoms with E-state index in [1.165, 1.54) is 28.7 Å². The highest BCUT2D eigenvalue weighted by atomic mass is 16.5. The predicted octanol–water partition coefficient (Wildman–Crippen LogP) is 3.93. The van der Waals surface area contributed by atoms with Gasteiger partial charge in [-0.15, -0.1) is 0 Å². The molecule has 1 aromatic rings. The van der Waals surface area contributed by atoms with Gasteiger partial charge in [0.1, 0.15) is 0 Å². The number of nitrogens with one attached hydrogen (secondary N) is 1. The molecule has 0 unspecified atom stereocenters. The van der Waals surface area contributed by atoms with Crippen LogP contribution in [0.25, 0.3) is 0 Å². The van der Waals surface area contributed by atoms with Gasteiger partial charge in [0, 0.05) is 6.54 Å². The van der Waals surface area contributed by atoms with Crippen LogP contribution in [0.4, 0.5) is 0 Å².